The van der Waals surface area contributed by atoms with Gasteiger partial charge in [-0.05, 0) is 67.4 Å². The predicted molar refractivity (Wildman–Crippen MR) is 126 cm³/mol. The van der Waals surface area contributed by atoms with Gasteiger partial charge in [0.1, 0.15) is 23.0 Å². The van der Waals surface area contributed by atoms with Crippen LogP contribution in [-0.4, -0.2) is 39.5 Å². The van der Waals surface area contributed by atoms with E-state index in [1.54, 1.807) is 16.8 Å². The van der Waals surface area contributed by atoms with Crippen molar-refractivity contribution >= 4 is 11.7 Å². The van der Waals surface area contributed by atoms with Gasteiger partial charge in [0.2, 0.25) is 5.91 Å². The van der Waals surface area contributed by atoms with Gasteiger partial charge in [-0.2, -0.15) is 10.2 Å². The van der Waals surface area contributed by atoms with Crippen molar-refractivity contribution in [3.05, 3.63) is 84.0 Å². The summed E-state index contributed by atoms with van der Waals surface area (Å²) < 4.78 is 20.7. The molecule has 9 heteroatoms. The molecule has 0 spiro atoms. The van der Waals surface area contributed by atoms with Crippen LogP contribution in [0, 0.1) is 5.82 Å². The van der Waals surface area contributed by atoms with Crippen molar-refractivity contribution in [1.82, 2.24) is 20.1 Å². The molecule has 2 aromatic carbocycles. The highest BCUT2D eigenvalue weighted by Gasteiger charge is 2.32. The number of amidine groups is 1. The minimum atomic E-state index is -0.314. The van der Waals surface area contributed by atoms with E-state index in [4.69, 9.17) is 15.6 Å². The molecule has 1 fully saturated rings. The molecule has 3 aromatic rings. The number of likely N-dealkylation sites (tertiary alicyclic amines) is 1. The Morgan fingerprint density at radius 2 is 1.88 bits per heavy atom. The summed E-state index contributed by atoms with van der Waals surface area (Å²) in [5.74, 6) is 1.25. The molecule has 5 rings (SSSR count). The van der Waals surface area contributed by atoms with Gasteiger partial charge in [0.05, 0.1) is 17.9 Å². The summed E-state index contributed by atoms with van der Waals surface area (Å²) in [4.78, 5) is 14.0. The normalized spacial score (nSPS) is 17.4. The Balaban J connectivity index is 1.46. The highest BCUT2D eigenvalue weighted by molar-refractivity contribution is 5.98. The minimum absolute atomic E-state index is 0.0612. The van der Waals surface area contributed by atoms with E-state index in [0.29, 0.717) is 30.4 Å². The molecule has 0 saturated carbocycles. The highest BCUT2D eigenvalue weighted by atomic mass is 19.1. The van der Waals surface area contributed by atoms with Crippen LogP contribution >= 0.6 is 0 Å². The fourth-order valence-corrected chi connectivity index (χ4v) is 4.50. The maximum Gasteiger partial charge on any atom is 0.245 e. The monoisotopic (exact) mass is 460 g/mol. The average Bonchev–Trinajstić information content (AvgIpc) is 3.26. The summed E-state index contributed by atoms with van der Waals surface area (Å²) >= 11 is 0. The fourth-order valence-electron chi connectivity index (χ4n) is 4.50. The second kappa shape index (κ2) is 9.01. The second-order valence-corrected chi connectivity index (χ2v) is 8.33. The number of fused-ring (bicyclic) bond motifs is 1. The number of nitrogens with two attached hydrogens (primary N) is 1. The molecule has 0 unspecified atom stereocenters. The molecule has 34 heavy (non-hydrogen) atoms. The number of benzene rings is 2. The standard InChI is InChI=1S/C25H25FN6O2/c1-2-22(33)31-13-3-4-16(15-31)23-21-14-28-29-25(27)24(21)32(30-23)18-7-11-20(12-8-18)34-19-9-5-17(26)6-10-19/h2,5-12,16,28H,1,3-4,13-15H2,(H2,27,29)/t16-/m1/s1. The first-order valence-electron chi connectivity index (χ1n) is 11.2. The van der Waals surface area contributed by atoms with Crippen LogP contribution in [0.3, 0.4) is 0 Å². The van der Waals surface area contributed by atoms with Gasteiger partial charge < -0.3 is 20.8 Å². The van der Waals surface area contributed by atoms with E-state index >= 15 is 0 Å². The summed E-state index contributed by atoms with van der Waals surface area (Å²) in [6.45, 7) is 5.45. The largest absolute Gasteiger partial charge is 0.457 e. The zero-order valence-electron chi connectivity index (χ0n) is 18.6. The Bertz CT molecular complexity index is 1250. The summed E-state index contributed by atoms with van der Waals surface area (Å²) in [5, 5.41) is 9.15. The smallest absolute Gasteiger partial charge is 0.245 e. The maximum absolute atomic E-state index is 13.1. The highest BCUT2D eigenvalue weighted by Crippen LogP contribution is 2.33. The Morgan fingerprint density at radius 3 is 2.59 bits per heavy atom. The fraction of sp³-hybridized carbons (Fsp3) is 0.240. The lowest BCUT2D eigenvalue weighted by atomic mass is 9.91. The van der Waals surface area contributed by atoms with Crippen LogP contribution in [0.1, 0.15) is 35.7 Å². The number of aromatic nitrogens is 2. The Hall–Kier alpha value is -4.14. The van der Waals surface area contributed by atoms with E-state index in [2.05, 4.69) is 17.1 Å². The SMILES string of the molecule is C=CC(=O)N1CCC[C@@H](c2nn(-c3ccc(Oc4ccc(F)cc4)cc3)c3c2CNN=C3N)C1. The van der Waals surface area contributed by atoms with Gasteiger partial charge in [-0.15, -0.1) is 0 Å². The molecule has 174 valence electrons. The van der Waals surface area contributed by atoms with Crippen LogP contribution < -0.4 is 15.9 Å². The number of piperidine rings is 1. The number of rotatable bonds is 5. The first-order valence-corrected chi connectivity index (χ1v) is 11.2. The van der Waals surface area contributed by atoms with Crippen molar-refractivity contribution in [2.45, 2.75) is 25.3 Å². The average molecular weight is 461 g/mol. The molecule has 3 N–H and O–H groups in total. The lowest BCUT2D eigenvalue weighted by molar-refractivity contribution is -0.127. The molecular formula is C25H25FN6O2. The molecule has 1 aromatic heterocycles. The molecule has 8 nitrogen and oxygen atoms in total. The number of carbonyl (C=O) groups is 1. The third-order valence-electron chi connectivity index (χ3n) is 6.14. The quantitative estimate of drug-likeness (QED) is 0.569. The molecule has 2 aliphatic rings. The van der Waals surface area contributed by atoms with Gasteiger partial charge in [0, 0.05) is 24.6 Å². The number of ether oxygens (including phenoxy) is 1. The Morgan fingerprint density at radius 1 is 1.18 bits per heavy atom. The van der Waals surface area contributed by atoms with Gasteiger partial charge in [-0.1, -0.05) is 6.58 Å². The number of carbonyl (C=O) groups excluding carboxylic acids is 1. The van der Waals surface area contributed by atoms with E-state index in [9.17, 15) is 9.18 Å². The van der Waals surface area contributed by atoms with E-state index < -0.39 is 0 Å². The van der Waals surface area contributed by atoms with Crippen LogP contribution in [0.4, 0.5) is 4.39 Å². The van der Waals surface area contributed by atoms with Gasteiger partial charge in [0.25, 0.3) is 0 Å². The number of halogens is 1. The Labute approximate surface area is 196 Å². The van der Waals surface area contributed by atoms with Crippen LogP contribution in [0.5, 0.6) is 11.5 Å². The van der Waals surface area contributed by atoms with Gasteiger partial charge in [-0.25, -0.2) is 9.07 Å². The summed E-state index contributed by atoms with van der Waals surface area (Å²) in [6, 6.07) is 13.3. The van der Waals surface area contributed by atoms with E-state index in [1.807, 2.05) is 29.2 Å². The second-order valence-electron chi connectivity index (χ2n) is 8.33. The number of nitrogens with zero attached hydrogens (tertiary/aromatic N) is 4. The molecule has 0 bridgehead atoms. The number of hydrogen-bond acceptors (Lipinski definition) is 6. The zero-order chi connectivity index (χ0) is 23.7. The predicted octanol–water partition coefficient (Wildman–Crippen LogP) is 3.42. The zero-order valence-corrected chi connectivity index (χ0v) is 18.6. The van der Waals surface area contributed by atoms with Gasteiger partial charge >= 0.3 is 0 Å². The number of hydrogen-bond donors (Lipinski definition) is 2. The molecular weight excluding hydrogens is 435 g/mol. The van der Waals surface area contributed by atoms with Crippen LogP contribution in [0.25, 0.3) is 5.69 Å². The summed E-state index contributed by atoms with van der Waals surface area (Å²) in [7, 11) is 0. The third-order valence-corrected chi connectivity index (χ3v) is 6.14. The van der Waals surface area contributed by atoms with Crippen molar-refractivity contribution in [3.8, 4) is 17.2 Å². The molecule has 0 aliphatic carbocycles. The van der Waals surface area contributed by atoms with Crippen molar-refractivity contribution in [2.75, 3.05) is 13.1 Å². The first kappa shape index (κ1) is 21.7. The van der Waals surface area contributed by atoms with Crippen molar-refractivity contribution in [1.29, 1.82) is 0 Å². The molecule has 1 saturated heterocycles. The van der Waals surface area contributed by atoms with E-state index in [-0.39, 0.29) is 17.6 Å². The Kier molecular flexibility index (Phi) is 5.75. The van der Waals surface area contributed by atoms with Crippen molar-refractivity contribution in [2.24, 2.45) is 10.8 Å². The number of nitrogens with one attached hydrogen (secondary N) is 1. The van der Waals surface area contributed by atoms with E-state index in [0.717, 1.165) is 42.0 Å². The lowest BCUT2D eigenvalue weighted by Gasteiger charge is -2.31. The van der Waals surface area contributed by atoms with Crippen molar-refractivity contribution in [3.63, 3.8) is 0 Å². The molecule has 3 heterocycles. The molecule has 0 radical (unpaired) electrons. The van der Waals surface area contributed by atoms with Crippen LogP contribution in [0.15, 0.2) is 66.3 Å². The molecule has 1 atom stereocenters. The third kappa shape index (κ3) is 4.12. The lowest BCUT2D eigenvalue weighted by Crippen LogP contribution is -2.38. The number of hydrazone groups is 1. The summed E-state index contributed by atoms with van der Waals surface area (Å²) in [6.07, 6.45) is 3.20. The van der Waals surface area contributed by atoms with Gasteiger partial charge in [0.15, 0.2) is 5.84 Å². The molecule has 1 amide bonds. The van der Waals surface area contributed by atoms with Crippen LogP contribution in [-0.2, 0) is 11.3 Å². The molecule has 2 aliphatic heterocycles. The van der Waals surface area contributed by atoms with Gasteiger partial charge in [-0.3, -0.25) is 4.79 Å². The van der Waals surface area contributed by atoms with E-state index in [1.165, 1.54) is 18.2 Å². The maximum atomic E-state index is 13.1. The first-order chi connectivity index (χ1) is 16.5. The topological polar surface area (TPSA) is 97.8 Å². The number of amides is 1. The van der Waals surface area contributed by atoms with Crippen molar-refractivity contribution < 1.29 is 13.9 Å². The van der Waals surface area contributed by atoms with Crippen LogP contribution in [0.2, 0.25) is 0 Å². The summed E-state index contributed by atoms with van der Waals surface area (Å²) in [5.41, 5.74) is 12.7. The minimum Gasteiger partial charge on any atom is -0.457 e.